The number of H-pyrrole nitrogens is 1. The Hall–Kier alpha value is -3.81. The van der Waals surface area contributed by atoms with Gasteiger partial charge in [0, 0.05) is 17.8 Å². The van der Waals surface area contributed by atoms with Gasteiger partial charge < -0.3 is 20.1 Å². The topological polar surface area (TPSA) is 97.0 Å². The van der Waals surface area contributed by atoms with E-state index in [0.717, 1.165) is 46.0 Å². The average molecular weight is 374 g/mol. The third-order valence-electron chi connectivity index (χ3n) is 4.57. The molecular formula is C20H18N6O2. The molecule has 0 amide bonds. The van der Waals surface area contributed by atoms with Crippen molar-refractivity contribution in [2.75, 3.05) is 30.9 Å². The van der Waals surface area contributed by atoms with Crippen LogP contribution in [-0.4, -0.2) is 40.4 Å². The average Bonchev–Trinajstić information content (AvgIpc) is 3.23. The standard InChI is InChI=1S/C20H18N6O2/c1-27-14-5-2-12(3-6-14)19-24-16-11-22-26-18(16)20(25-19)23-13-4-7-17-15(10-13)21-8-9-28-17/h2-7,10-11,21H,8-9H2,1H3,(H,22,26)(H,23,24,25). The molecule has 0 saturated carbocycles. The van der Waals surface area contributed by atoms with Crippen LogP contribution < -0.4 is 20.1 Å². The van der Waals surface area contributed by atoms with Gasteiger partial charge in [-0.2, -0.15) is 5.10 Å². The highest BCUT2D eigenvalue weighted by atomic mass is 16.5. The van der Waals surface area contributed by atoms with Crippen molar-refractivity contribution in [2.45, 2.75) is 0 Å². The summed E-state index contributed by atoms with van der Waals surface area (Å²) in [6.45, 7) is 1.46. The summed E-state index contributed by atoms with van der Waals surface area (Å²) in [5.74, 6) is 2.91. The second-order valence-electron chi connectivity index (χ2n) is 6.37. The van der Waals surface area contributed by atoms with Gasteiger partial charge in [0.2, 0.25) is 0 Å². The van der Waals surface area contributed by atoms with E-state index < -0.39 is 0 Å². The molecule has 0 aliphatic carbocycles. The molecular weight excluding hydrogens is 356 g/mol. The van der Waals surface area contributed by atoms with E-state index in [0.29, 0.717) is 18.2 Å². The second kappa shape index (κ2) is 6.73. The summed E-state index contributed by atoms with van der Waals surface area (Å²) >= 11 is 0. The Morgan fingerprint density at radius 3 is 2.86 bits per heavy atom. The first kappa shape index (κ1) is 16.4. The van der Waals surface area contributed by atoms with Crippen molar-refractivity contribution < 1.29 is 9.47 Å². The lowest BCUT2D eigenvalue weighted by molar-refractivity contribution is 0.323. The molecule has 5 rings (SSSR count). The molecule has 0 saturated heterocycles. The Bertz CT molecular complexity index is 1140. The number of anilines is 3. The Morgan fingerprint density at radius 1 is 1.11 bits per heavy atom. The maximum Gasteiger partial charge on any atom is 0.162 e. The van der Waals surface area contributed by atoms with E-state index >= 15 is 0 Å². The van der Waals surface area contributed by atoms with E-state index in [1.807, 2.05) is 42.5 Å². The van der Waals surface area contributed by atoms with Crippen LogP contribution in [0, 0.1) is 0 Å². The van der Waals surface area contributed by atoms with Crippen LogP contribution in [0.5, 0.6) is 11.5 Å². The molecule has 8 nitrogen and oxygen atoms in total. The first-order valence-corrected chi connectivity index (χ1v) is 8.93. The summed E-state index contributed by atoms with van der Waals surface area (Å²) in [4.78, 5) is 9.34. The molecule has 0 atom stereocenters. The van der Waals surface area contributed by atoms with Crippen LogP contribution in [0.4, 0.5) is 17.2 Å². The Morgan fingerprint density at radius 2 is 2.00 bits per heavy atom. The van der Waals surface area contributed by atoms with Gasteiger partial charge in [0.1, 0.15) is 29.1 Å². The largest absolute Gasteiger partial charge is 0.497 e. The third kappa shape index (κ3) is 2.94. The highest BCUT2D eigenvalue weighted by molar-refractivity contribution is 5.89. The lowest BCUT2D eigenvalue weighted by Gasteiger charge is -2.20. The zero-order valence-corrected chi connectivity index (χ0v) is 15.2. The van der Waals surface area contributed by atoms with Gasteiger partial charge in [-0.25, -0.2) is 9.97 Å². The van der Waals surface area contributed by atoms with Crippen LogP contribution in [0.3, 0.4) is 0 Å². The molecule has 1 aliphatic rings. The fourth-order valence-electron chi connectivity index (χ4n) is 3.15. The summed E-state index contributed by atoms with van der Waals surface area (Å²) in [6.07, 6.45) is 1.69. The van der Waals surface area contributed by atoms with Gasteiger partial charge in [-0.1, -0.05) is 0 Å². The number of nitrogens with one attached hydrogen (secondary N) is 3. The summed E-state index contributed by atoms with van der Waals surface area (Å²) in [6, 6.07) is 13.6. The SMILES string of the molecule is COc1ccc(-c2nc(Nc3ccc4c(c3)NCCO4)c3[nH]ncc3n2)cc1. The predicted molar refractivity (Wildman–Crippen MR) is 107 cm³/mol. The highest BCUT2D eigenvalue weighted by Crippen LogP contribution is 2.32. The van der Waals surface area contributed by atoms with E-state index in [2.05, 4.69) is 25.8 Å². The number of aromatic nitrogens is 4. The normalized spacial score (nSPS) is 12.8. The Labute approximate surface area is 160 Å². The third-order valence-corrected chi connectivity index (χ3v) is 4.57. The molecule has 140 valence electrons. The van der Waals surface area contributed by atoms with Crippen molar-refractivity contribution in [2.24, 2.45) is 0 Å². The number of rotatable bonds is 4. The molecule has 2 aromatic carbocycles. The first-order chi connectivity index (χ1) is 13.8. The maximum absolute atomic E-state index is 5.64. The smallest absolute Gasteiger partial charge is 0.162 e. The molecule has 0 unspecified atom stereocenters. The van der Waals surface area contributed by atoms with Crippen LogP contribution in [0.25, 0.3) is 22.4 Å². The van der Waals surface area contributed by atoms with Crippen molar-refractivity contribution in [1.29, 1.82) is 0 Å². The fourth-order valence-corrected chi connectivity index (χ4v) is 3.15. The molecule has 3 N–H and O–H groups in total. The van der Waals surface area contributed by atoms with E-state index in [1.165, 1.54) is 0 Å². The van der Waals surface area contributed by atoms with Gasteiger partial charge in [-0.05, 0) is 42.5 Å². The number of hydrogen-bond acceptors (Lipinski definition) is 7. The summed E-state index contributed by atoms with van der Waals surface area (Å²) in [5, 5.41) is 13.8. The predicted octanol–water partition coefficient (Wildman–Crippen LogP) is 3.58. The lowest BCUT2D eigenvalue weighted by atomic mass is 10.2. The van der Waals surface area contributed by atoms with E-state index in [-0.39, 0.29) is 0 Å². The van der Waals surface area contributed by atoms with Crippen molar-refractivity contribution in [3.05, 3.63) is 48.7 Å². The van der Waals surface area contributed by atoms with Gasteiger partial charge in [-0.3, -0.25) is 5.10 Å². The van der Waals surface area contributed by atoms with Crippen LogP contribution in [-0.2, 0) is 0 Å². The summed E-state index contributed by atoms with van der Waals surface area (Å²) < 4.78 is 10.9. The van der Waals surface area contributed by atoms with Gasteiger partial charge in [-0.15, -0.1) is 0 Å². The Balaban J connectivity index is 1.54. The van der Waals surface area contributed by atoms with Crippen LogP contribution in [0.2, 0.25) is 0 Å². The minimum atomic E-state index is 0.610. The fraction of sp³-hybridized carbons (Fsp3) is 0.150. The van der Waals surface area contributed by atoms with Crippen molar-refractivity contribution >= 4 is 28.2 Å². The number of benzene rings is 2. The highest BCUT2D eigenvalue weighted by Gasteiger charge is 2.14. The molecule has 0 fully saturated rings. The van der Waals surface area contributed by atoms with Gasteiger partial charge >= 0.3 is 0 Å². The summed E-state index contributed by atoms with van der Waals surface area (Å²) in [7, 11) is 1.64. The monoisotopic (exact) mass is 374 g/mol. The lowest BCUT2D eigenvalue weighted by Crippen LogP contribution is -2.17. The van der Waals surface area contributed by atoms with Gasteiger partial charge in [0.05, 0.1) is 19.0 Å². The molecule has 0 radical (unpaired) electrons. The van der Waals surface area contributed by atoms with Gasteiger partial charge in [0.25, 0.3) is 0 Å². The molecule has 2 aromatic heterocycles. The molecule has 8 heteroatoms. The second-order valence-corrected chi connectivity index (χ2v) is 6.37. The number of methoxy groups -OCH3 is 1. The van der Waals surface area contributed by atoms with E-state index in [9.17, 15) is 0 Å². The van der Waals surface area contributed by atoms with Crippen molar-refractivity contribution in [1.82, 2.24) is 20.2 Å². The van der Waals surface area contributed by atoms with Gasteiger partial charge in [0.15, 0.2) is 11.6 Å². The van der Waals surface area contributed by atoms with Crippen LogP contribution >= 0.6 is 0 Å². The molecule has 28 heavy (non-hydrogen) atoms. The quantitative estimate of drug-likeness (QED) is 0.502. The van der Waals surface area contributed by atoms with E-state index in [4.69, 9.17) is 14.5 Å². The zero-order valence-electron chi connectivity index (χ0n) is 15.2. The molecule has 0 bridgehead atoms. The zero-order chi connectivity index (χ0) is 18.9. The van der Waals surface area contributed by atoms with Crippen LogP contribution in [0.15, 0.2) is 48.7 Å². The van der Waals surface area contributed by atoms with E-state index in [1.54, 1.807) is 13.3 Å². The number of nitrogens with zero attached hydrogens (tertiary/aromatic N) is 3. The Kier molecular flexibility index (Phi) is 3.93. The minimum absolute atomic E-state index is 0.610. The number of hydrogen-bond donors (Lipinski definition) is 3. The molecule has 4 aromatic rings. The first-order valence-electron chi connectivity index (χ1n) is 8.93. The van der Waals surface area contributed by atoms with Crippen molar-refractivity contribution in [3.8, 4) is 22.9 Å². The maximum atomic E-state index is 5.64. The number of fused-ring (bicyclic) bond motifs is 2. The number of ether oxygens (including phenoxy) is 2. The van der Waals surface area contributed by atoms with Crippen molar-refractivity contribution in [3.63, 3.8) is 0 Å². The number of aromatic amines is 1. The van der Waals surface area contributed by atoms with Crippen LogP contribution in [0.1, 0.15) is 0 Å². The molecule has 3 heterocycles. The molecule has 0 spiro atoms. The summed E-state index contributed by atoms with van der Waals surface area (Å²) in [5.41, 5.74) is 4.24. The molecule has 1 aliphatic heterocycles. The minimum Gasteiger partial charge on any atom is -0.497 e.